The normalized spacial score (nSPS) is 14.3. The molecule has 2 heterocycles. The summed E-state index contributed by atoms with van der Waals surface area (Å²) in [5.74, 6) is 0.199. The van der Waals surface area contributed by atoms with Crippen LogP contribution in [0, 0.1) is 5.82 Å². The second kappa shape index (κ2) is 10.8. The van der Waals surface area contributed by atoms with E-state index in [1.807, 2.05) is 19.1 Å². The van der Waals surface area contributed by atoms with E-state index in [0.717, 1.165) is 24.3 Å². The lowest BCUT2D eigenvalue weighted by atomic mass is 10.1. The number of aromatic nitrogens is 2. The smallest absolute Gasteiger partial charge is 0.249 e. The number of nitrogens with zero attached hydrogens (tertiary/aromatic N) is 5. The summed E-state index contributed by atoms with van der Waals surface area (Å²) >= 11 is 0. The average Bonchev–Trinajstić information content (AvgIpc) is 3.04. The number of rotatable bonds is 7. The van der Waals surface area contributed by atoms with E-state index in [2.05, 4.69) is 15.1 Å². The minimum Gasteiger partial charge on any atom is -0.375 e. The van der Waals surface area contributed by atoms with Crippen molar-refractivity contribution in [3.8, 4) is 11.3 Å². The van der Waals surface area contributed by atoms with Crippen LogP contribution in [0.4, 0.5) is 10.2 Å². The third-order valence-electron chi connectivity index (χ3n) is 5.29. The Kier molecular flexibility index (Phi) is 7.88. The van der Waals surface area contributed by atoms with Crippen LogP contribution in [0.1, 0.15) is 13.3 Å². The van der Waals surface area contributed by atoms with Crippen LogP contribution >= 0.6 is 0 Å². The highest BCUT2D eigenvalue weighted by atomic mass is 19.1. The molecule has 2 amide bonds. The molecule has 0 radical (unpaired) electrons. The number of anilines is 1. The highest BCUT2D eigenvalue weighted by Crippen LogP contribution is 2.20. The zero-order valence-corrected chi connectivity index (χ0v) is 18.0. The quantitative estimate of drug-likeness (QED) is 0.668. The molecule has 1 fully saturated rings. The summed E-state index contributed by atoms with van der Waals surface area (Å²) in [7, 11) is 1.46. The number of benzene rings is 1. The van der Waals surface area contributed by atoms with Crippen LogP contribution in [0.2, 0.25) is 0 Å². The van der Waals surface area contributed by atoms with Gasteiger partial charge in [0.25, 0.3) is 0 Å². The number of ether oxygens (including phenoxy) is 1. The molecule has 1 aliphatic heterocycles. The third kappa shape index (κ3) is 5.97. The van der Waals surface area contributed by atoms with Crippen LogP contribution < -0.4 is 4.90 Å². The number of hydrogen-bond donors (Lipinski definition) is 0. The van der Waals surface area contributed by atoms with Crippen molar-refractivity contribution in [2.24, 2.45) is 0 Å². The first kappa shape index (κ1) is 22.6. The van der Waals surface area contributed by atoms with Crippen molar-refractivity contribution >= 4 is 17.6 Å². The Bertz CT molecular complexity index is 876. The molecule has 1 saturated heterocycles. The fourth-order valence-corrected chi connectivity index (χ4v) is 3.52. The van der Waals surface area contributed by atoms with E-state index in [1.165, 1.54) is 24.1 Å². The molecule has 1 aromatic heterocycles. The number of hydrogen-bond acceptors (Lipinski definition) is 6. The van der Waals surface area contributed by atoms with E-state index in [-0.39, 0.29) is 30.8 Å². The molecule has 2 aromatic rings. The zero-order chi connectivity index (χ0) is 22.2. The van der Waals surface area contributed by atoms with Gasteiger partial charge < -0.3 is 19.4 Å². The first-order chi connectivity index (χ1) is 15.0. The molecule has 3 rings (SSSR count). The van der Waals surface area contributed by atoms with E-state index < -0.39 is 0 Å². The lowest BCUT2D eigenvalue weighted by Crippen LogP contribution is -2.45. The highest BCUT2D eigenvalue weighted by Gasteiger charge is 2.23. The van der Waals surface area contributed by atoms with E-state index in [9.17, 15) is 14.0 Å². The number of halogens is 1. The molecular weight excluding hydrogens is 401 g/mol. The largest absolute Gasteiger partial charge is 0.375 e. The van der Waals surface area contributed by atoms with Crippen LogP contribution in [0.3, 0.4) is 0 Å². The van der Waals surface area contributed by atoms with Gasteiger partial charge in [-0.15, -0.1) is 10.2 Å². The minimum absolute atomic E-state index is 0.0263. The molecule has 31 heavy (non-hydrogen) atoms. The summed E-state index contributed by atoms with van der Waals surface area (Å²) in [5, 5.41) is 8.61. The molecule has 0 atom stereocenters. The number of methoxy groups -OCH3 is 1. The van der Waals surface area contributed by atoms with Crippen molar-refractivity contribution in [3.05, 3.63) is 42.2 Å². The van der Waals surface area contributed by atoms with Gasteiger partial charge in [-0.05, 0) is 49.7 Å². The molecule has 1 aromatic carbocycles. The van der Waals surface area contributed by atoms with Crippen LogP contribution in [0.25, 0.3) is 11.3 Å². The van der Waals surface area contributed by atoms with Crippen LogP contribution in [0.5, 0.6) is 0 Å². The Balaban J connectivity index is 1.58. The second-order valence-corrected chi connectivity index (χ2v) is 7.35. The molecule has 0 aliphatic carbocycles. The first-order valence-electron chi connectivity index (χ1n) is 10.4. The molecule has 8 nitrogen and oxygen atoms in total. The Hall–Kier alpha value is -3.07. The van der Waals surface area contributed by atoms with E-state index in [1.54, 1.807) is 17.0 Å². The maximum absolute atomic E-state index is 13.1. The van der Waals surface area contributed by atoms with Crippen LogP contribution in [0.15, 0.2) is 36.4 Å². The molecule has 1 aliphatic rings. The SMILES string of the molecule is CCN(CC(=O)N1CCCN(c2ccc(-c3ccc(F)cc3)nn2)CC1)C(=O)COC. The van der Waals surface area contributed by atoms with Crippen molar-refractivity contribution in [2.75, 3.05) is 57.9 Å². The number of likely N-dealkylation sites (N-methyl/N-ethyl adjacent to an activating group) is 1. The molecular formula is C22H28FN5O3. The van der Waals surface area contributed by atoms with Gasteiger partial charge in [-0.2, -0.15) is 0 Å². The van der Waals surface area contributed by atoms with Gasteiger partial charge in [0, 0.05) is 45.4 Å². The molecule has 166 valence electrons. The molecule has 0 N–H and O–H groups in total. The van der Waals surface area contributed by atoms with Gasteiger partial charge in [0.1, 0.15) is 12.4 Å². The Morgan fingerprint density at radius 1 is 1.06 bits per heavy atom. The lowest BCUT2D eigenvalue weighted by molar-refractivity contribution is -0.142. The summed E-state index contributed by atoms with van der Waals surface area (Å²) < 4.78 is 18.0. The summed E-state index contributed by atoms with van der Waals surface area (Å²) in [5.41, 5.74) is 1.48. The number of amides is 2. The first-order valence-corrected chi connectivity index (χ1v) is 10.4. The van der Waals surface area contributed by atoms with Gasteiger partial charge in [0.2, 0.25) is 11.8 Å². The molecule has 0 unspecified atom stereocenters. The topological polar surface area (TPSA) is 78.9 Å². The van der Waals surface area contributed by atoms with Crippen molar-refractivity contribution in [1.82, 2.24) is 20.0 Å². The van der Waals surface area contributed by atoms with E-state index in [4.69, 9.17) is 4.74 Å². The standard InChI is InChI=1S/C22H28FN5O3/c1-3-26(22(30)16-31-2)15-21(29)28-12-4-11-27(13-14-28)20-10-9-19(24-25-20)17-5-7-18(23)8-6-17/h5-10H,3-4,11-16H2,1-2H3. The number of carbonyl (C=O) groups excluding carboxylic acids is 2. The second-order valence-electron chi connectivity index (χ2n) is 7.35. The molecule has 0 bridgehead atoms. The van der Waals surface area contributed by atoms with Crippen molar-refractivity contribution in [2.45, 2.75) is 13.3 Å². The highest BCUT2D eigenvalue weighted by molar-refractivity contribution is 5.85. The zero-order valence-electron chi connectivity index (χ0n) is 18.0. The fourth-order valence-electron chi connectivity index (χ4n) is 3.52. The van der Waals surface area contributed by atoms with Gasteiger partial charge in [0.05, 0.1) is 12.2 Å². The molecule has 0 saturated carbocycles. The van der Waals surface area contributed by atoms with Crippen LogP contribution in [-0.4, -0.2) is 84.8 Å². The summed E-state index contributed by atoms with van der Waals surface area (Å²) in [4.78, 5) is 30.2. The molecule has 9 heteroatoms. The summed E-state index contributed by atoms with van der Waals surface area (Å²) in [6.45, 7) is 4.92. The van der Waals surface area contributed by atoms with Gasteiger partial charge in [-0.25, -0.2) is 4.39 Å². The van der Waals surface area contributed by atoms with Crippen molar-refractivity contribution in [1.29, 1.82) is 0 Å². The number of carbonyl (C=O) groups is 2. The Morgan fingerprint density at radius 2 is 1.84 bits per heavy atom. The maximum atomic E-state index is 13.1. The van der Waals surface area contributed by atoms with Gasteiger partial charge >= 0.3 is 0 Å². The minimum atomic E-state index is -0.290. The predicted molar refractivity (Wildman–Crippen MR) is 115 cm³/mol. The van der Waals surface area contributed by atoms with Crippen LogP contribution in [-0.2, 0) is 14.3 Å². The van der Waals surface area contributed by atoms with E-state index >= 15 is 0 Å². The molecule has 0 spiro atoms. The predicted octanol–water partition coefficient (Wildman–Crippen LogP) is 1.82. The van der Waals surface area contributed by atoms with Crippen molar-refractivity contribution in [3.63, 3.8) is 0 Å². The summed E-state index contributed by atoms with van der Waals surface area (Å²) in [6.07, 6.45) is 0.797. The Labute approximate surface area is 181 Å². The fraction of sp³-hybridized carbons (Fsp3) is 0.455. The van der Waals surface area contributed by atoms with Gasteiger partial charge in [-0.1, -0.05) is 0 Å². The lowest BCUT2D eigenvalue weighted by Gasteiger charge is -2.26. The van der Waals surface area contributed by atoms with E-state index in [0.29, 0.717) is 31.9 Å². The van der Waals surface area contributed by atoms with Crippen molar-refractivity contribution < 1.29 is 18.7 Å². The monoisotopic (exact) mass is 429 g/mol. The Morgan fingerprint density at radius 3 is 2.48 bits per heavy atom. The summed E-state index contributed by atoms with van der Waals surface area (Å²) in [6, 6.07) is 9.90. The third-order valence-corrected chi connectivity index (χ3v) is 5.29. The maximum Gasteiger partial charge on any atom is 0.249 e. The van der Waals surface area contributed by atoms with Gasteiger partial charge in [-0.3, -0.25) is 9.59 Å². The van der Waals surface area contributed by atoms with Gasteiger partial charge in [0.15, 0.2) is 5.82 Å². The average molecular weight is 429 g/mol.